The Kier molecular flexibility index (Phi) is 7.33. The topological polar surface area (TPSA) is 99.6 Å². The van der Waals surface area contributed by atoms with Gasteiger partial charge in [-0.05, 0) is 31.0 Å². The Labute approximate surface area is 186 Å². The van der Waals surface area contributed by atoms with Gasteiger partial charge in [-0.1, -0.05) is 32.4 Å². The lowest BCUT2D eigenvalue weighted by Gasteiger charge is -2.20. The highest BCUT2D eigenvalue weighted by atomic mass is 35.5. The third-order valence-corrected chi connectivity index (χ3v) is 5.33. The van der Waals surface area contributed by atoms with Crippen molar-refractivity contribution < 1.29 is 23.8 Å². The van der Waals surface area contributed by atoms with Crippen molar-refractivity contribution in [3.8, 4) is 17.0 Å². The third-order valence-electron chi connectivity index (χ3n) is 5.02. The molecule has 166 valence electrons. The molecule has 1 N–H and O–H groups in total. The molecule has 1 saturated heterocycles. The smallest absolute Gasteiger partial charge is 0.332 e. The Morgan fingerprint density at radius 3 is 2.58 bits per heavy atom. The Morgan fingerprint density at radius 1 is 1.23 bits per heavy atom. The van der Waals surface area contributed by atoms with Gasteiger partial charge in [0, 0.05) is 12.0 Å². The summed E-state index contributed by atoms with van der Waals surface area (Å²) in [6.07, 6.45) is 0.676. The molecule has 2 unspecified atom stereocenters. The first kappa shape index (κ1) is 22.8. The quantitative estimate of drug-likeness (QED) is 0.613. The molecule has 31 heavy (non-hydrogen) atoms. The number of benzene rings is 1. The lowest BCUT2D eigenvalue weighted by atomic mass is 10.1. The third kappa shape index (κ3) is 4.90. The van der Waals surface area contributed by atoms with E-state index in [0.29, 0.717) is 40.8 Å². The summed E-state index contributed by atoms with van der Waals surface area (Å²) in [6, 6.07) is 4.57. The van der Waals surface area contributed by atoms with Crippen molar-refractivity contribution in [1.29, 1.82) is 0 Å². The number of aromatic nitrogens is 2. The van der Waals surface area contributed by atoms with Crippen LogP contribution in [0.3, 0.4) is 0 Å². The highest BCUT2D eigenvalue weighted by Crippen LogP contribution is 2.33. The largest absolute Gasteiger partial charge is 0.497 e. The van der Waals surface area contributed by atoms with Crippen LogP contribution in [0.5, 0.6) is 5.75 Å². The predicted molar refractivity (Wildman–Crippen MR) is 116 cm³/mol. The Morgan fingerprint density at radius 2 is 1.97 bits per heavy atom. The van der Waals surface area contributed by atoms with Crippen LogP contribution in [-0.4, -0.2) is 47.8 Å². The normalized spacial score (nSPS) is 17.9. The fourth-order valence-corrected chi connectivity index (χ4v) is 3.56. The molecular formula is C22H26ClN3O5. The second kappa shape index (κ2) is 9.96. The van der Waals surface area contributed by atoms with Gasteiger partial charge in [0.1, 0.15) is 18.2 Å². The molecule has 2 atom stereocenters. The van der Waals surface area contributed by atoms with E-state index in [4.69, 9.17) is 35.8 Å². The molecule has 0 bridgehead atoms. The second-order valence-corrected chi connectivity index (χ2v) is 7.41. The van der Waals surface area contributed by atoms with Gasteiger partial charge in [0.15, 0.2) is 12.1 Å². The molecule has 8 nitrogen and oxygen atoms in total. The zero-order valence-corrected chi connectivity index (χ0v) is 18.8. The van der Waals surface area contributed by atoms with Crippen LogP contribution in [0.25, 0.3) is 11.3 Å². The van der Waals surface area contributed by atoms with Gasteiger partial charge in [0.25, 0.3) is 0 Å². The number of halogens is 1. The number of hydrogen-bond donors (Lipinski definition) is 1. The zero-order chi connectivity index (χ0) is 22.5. The van der Waals surface area contributed by atoms with Crippen molar-refractivity contribution in [3.05, 3.63) is 34.6 Å². The van der Waals surface area contributed by atoms with Crippen molar-refractivity contribution >= 4 is 29.4 Å². The molecular weight excluding hydrogens is 422 g/mol. The van der Waals surface area contributed by atoms with E-state index in [9.17, 15) is 9.59 Å². The van der Waals surface area contributed by atoms with E-state index in [2.05, 4.69) is 5.32 Å². The maximum Gasteiger partial charge on any atom is 0.332 e. The van der Waals surface area contributed by atoms with Crippen molar-refractivity contribution in [1.82, 2.24) is 9.97 Å². The predicted octanol–water partition coefficient (Wildman–Crippen LogP) is 3.59. The first-order valence-corrected chi connectivity index (χ1v) is 10.7. The first-order chi connectivity index (χ1) is 14.9. The fourth-order valence-electron chi connectivity index (χ4n) is 3.30. The number of methoxy groups -OCH3 is 1. The summed E-state index contributed by atoms with van der Waals surface area (Å²) < 4.78 is 15.7. The summed E-state index contributed by atoms with van der Waals surface area (Å²) in [5.74, 6) is 0.240. The Balaban J connectivity index is 1.97. The van der Waals surface area contributed by atoms with Crippen LogP contribution < -0.4 is 10.1 Å². The van der Waals surface area contributed by atoms with Gasteiger partial charge in [0.2, 0.25) is 0 Å². The molecule has 0 saturated carbocycles. The summed E-state index contributed by atoms with van der Waals surface area (Å²) in [4.78, 5) is 33.5. The molecule has 1 aromatic heterocycles. The van der Waals surface area contributed by atoms with Crippen LogP contribution in [0.15, 0.2) is 18.2 Å². The number of anilines is 1. The van der Waals surface area contributed by atoms with Gasteiger partial charge in [-0.15, -0.1) is 0 Å². The maximum atomic E-state index is 12.3. The monoisotopic (exact) mass is 447 g/mol. The van der Waals surface area contributed by atoms with Crippen LogP contribution in [0, 0.1) is 0 Å². The molecule has 1 aliphatic rings. The molecule has 1 aliphatic heterocycles. The molecule has 0 radical (unpaired) electrons. The average molecular weight is 448 g/mol. The number of carbonyl (C=O) groups excluding carboxylic acids is 2. The van der Waals surface area contributed by atoms with Gasteiger partial charge < -0.3 is 19.5 Å². The molecule has 1 aromatic carbocycles. The van der Waals surface area contributed by atoms with Crippen molar-refractivity contribution in [2.24, 2.45) is 0 Å². The summed E-state index contributed by atoms with van der Waals surface area (Å²) in [5, 5.41) is 3.61. The number of cyclic esters (lactones) is 1. The van der Waals surface area contributed by atoms with Crippen molar-refractivity contribution in [2.75, 3.05) is 19.0 Å². The maximum absolute atomic E-state index is 12.3. The van der Waals surface area contributed by atoms with Crippen LogP contribution in [0.4, 0.5) is 5.82 Å². The van der Waals surface area contributed by atoms with Crippen LogP contribution in [-0.2, 0) is 31.9 Å². The molecule has 3 rings (SSSR count). The van der Waals surface area contributed by atoms with E-state index in [1.165, 1.54) is 0 Å². The number of rotatable bonds is 8. The minimum atomic E-state index is -0.838. The summed E-state index contributed by atoms with van der Waals surface area (Å²) in [6.45, 7) is 5.62. The average Bonchev–Trinajstić information content (AvgIpc) is 3.12. The van der Waals surface area contributed by atoms with Crippen molar-refractivity contribution in [3.63, 3.8) is 0 Å². The molecule has 0 amide bonds. The SMILES string of the molecule is CCC(=O)OC1COC(=O)C1Nc1nc(CC)c(-c2ccc(OC)cc2Cl)nc1CC. The zero-order valence-electron chi connectivity index (χ0n) is 18.0. The number of hydrogen-bond acceptors (Lipinski definition) is 8. The van der Waals surface area contributed by atoms with E-state index in [1.54, 1.807) is 20.1 Å². The summed E-state index contributed by atoms with van der Waals surface area (Å²) in [7, 11) is 1.58. The molecule has 1 fully saturated rings. The second-order valence-electron chi connectivity index (χ2n) is 7.00. The van der Waals surface area contributed by atoms with E-state index >= 15 is 0 Å². The van der Waals surface area contributed by atoms with Crippen LogP contribution in [0.1, 0.15) is 38.6 Å². The Hall–Kier alpha value is -2.87. The first-order valence-electron chi connectivity index (χ1n) is 10.3. The number of esters is 2. The van der Waals surface area contributed by atoms with Crippen LogP contribution in [0.2, 0.25) is 5.02 Å². The lowest BCUT2D eigenvalue weighted by molar-refractivity contribution is -0.148. The van der Waals surface area contributed by atoms with Crippen molar-refractivity contribution in [2.45, 2.75) is 52.2 Å². The van der Waals surface area contributed by atoms with Gasteiger partial charge in [-0.3, -0.25) is 4.79 Å². The fraction of sp³-hybridized carbons (Fsp3) is 0.455. The Bertz CT molecular complexity index is 982. The minimum Gasteiger partial charge on any atom is -0.497 e. The number of aryl methyl sites for hydroxylation is 2. The molecule has 0 spiro atoms. The highest BCUT2D eigenvalue weighted by Gasteiger charge is 2.40. The van der Waals surface area contributed by atoms with Gasteiger partial charge >= 0.3 is 11.9 Å². The number of ether oxygens (including phenoxy) is 3. The number of nitrogens with one attached hydrogen (secondary N) is 1. The highest BCUT2D eigenvalue weighted by molar-refractivity contribution is 6.33. The van der Waals surface area contributed by atoms with E-state index in [1.807, 2.05) is 26.0 Å². The van der Waals surface area contributed by atoms with Crippen LogP contribution >= 0.6 is 11.6 Å². The standard InChI is InChI=1S/C22H26ClN3O5/c1-5-15-19(13-9-8-12(29-4)10-14(13)23)24-16(6-2)21(25-15)26-20-17(11-30-22(20)28)31-18(27)7-3/h8-10,17,20H,5-7,11H2,1-4H3,(H,25,26). The lowest BCUT2D eigenvalue weighted by Crippen LogP contribution is -2.39. The van der Waals surface area contributed by atoms with E-state index in [-0.39, 0.29) is 13.0 Å². The molecule has 2 heterocycles. The van der Waals surface area contributed by atoms with Gasteiger partial charge in [-0.25, -0.2) is 14.8 Å². The van der Waals surface area contributed by atoms with Gasteiger partial charge in [-0.2, -0.15) is 0 Å². The molecule has 2 aromatic rings. The summed E-state index contributed by atoms with van der Waals surface area (Å²) in [5.41, 5.74) is 2.82. The number of nitrogens with zero attached hydrogens (tertiary/aromatic N) is 2. The molecule has 0 aliphatic carbocycles. The van der Waals surface area contributed by atoms with E-state index < -0.39 is 24.1 Å². The number of carbonyl (C=O) groups is 2. The summed E-state index contributed by atoms with van der Waals surface area (Å²) >= 11 is 6.47. The molecule has 9 heteroatoms. The van der Waals surface area contributed by atoms with E-state index in [0.717, 1.165) is 11.3 Å². The van der Waals surface area contributed by atoms with Gasteiger partial charge in [0.05, 0.1) is 29.2 Å². The minimum absolute atomic E-state index is 0.0112.